The number of nitrogens with one attached hydrogen (secondary N) is 2. The summed E-state index contributed by atoms with van der Waals surface area (Å²) in [5, 5.41) is 6.48. The van der Waals surface area contributed by atoms with E-state index < -0.39 is 0 Å². The highest BCUT2D eigenvalue weighted by molar-refractivity contribution is 6.34. The third-order valence-corrected chi connectivity index (χ3v) is 3.48. The van der Waals surface area contributed by atoms with Crippen LogP contribution in [0.15, 0.2) is 42.6 Å². The lowest BCUT2D eigenvalue weighted by molar-refractivity contribution is 0.102. The Labute approximate surface area is 129 Å². The van der Waals surface area contributed by atoms with E-state index in [2.05, 4.69) is 29.5 Å². The van der Waals surface area contributed by atoms with Crippen LogP contribution in [-0.4, -0.2) is 16.9 Å². The number of hydrogen-bond acceptors (Lipinski definition) is 3. The van der Waals surface area contributed by atoms with Crippen molar-refractivity contribution in [3.8, 4) is 0 Å². The minimum absolute atomic E-state index is 0.245. The quantitative estimate of drug-likeness (QED) is 0.870. The molecule has 1 unspecified atom stereocenters. The van der Waals surface area contributed by atoms with Crippen LogP contribution in [-0.2, 0) is 0 Å². The van der Waals surface area contributed by atoms with E-state index in [0.717, 1.165) is 12.2 Å². The summed E-state index contributed by atoms with van der Waals surface area (Å²) in [4.78, 5) is 16.4. The minimum Gasteiger partial charge on any atom is -0.368 e. The number of anilines is 2. The van der Waals surface area contributed by atoms with Gasteiger partial charge in [0.05, 0.1) is 22.5 Å². The number of pyridine rings is 1. The molecule has 0 spiro atoms. The van der Waals surface area contributed by atoms with Crippen LogP contribution >= 0.6 is 11.6 Å². The van der Waals surface area contributed by atoms with Crippen LogP contribution in [0.5, 0.6) is 0 Å². The number of benzene rings is 1. The predicted molar refractivity (Wildman–Crippen MR) is 87.0 cm³/mol. The van der Waals surface area contributed by atoms with E-state index in [9.17, 15) is 4.79 Å². The van der Waals surface area contributed by atoms with Gasteiger partial charge in [0.1, 0.15) is 5.82 Å². The van der Waals surface area contributed by atoms with Crippen LogP contribution in [0.25, 0.3) is 0 Å². The third kappa shape index (κ3) is 4.20. The van der Waals surface area contributed by atoms with Gasteiger partial charge >= 0.3 is 0 Å². The van der Waals surface area contributed by atoms with E-state index in [4.69, 9.17) is 11.6 Å². The van der Waals surface area contributed by atoms with Gasteiger partial charge in [-0.15, -0.1) is 0 Å². The molecular formula is C16H18ClN3O. The molecule has 1 amide bonds. The van der Waals surface area contributed by atoms with E-state index >= 15 is 0 Å². The summed E-state index contributed by atoms with van der Waals surface area (Å²) in [5.74, 6) is 0.546. The fourth-order valence-electron chi connectivity index (χ4n) is 1.75. The smallest absolute Gasteiger partial charge is 0.257 e. The van der Waals surface area contributed by atoms with Crippen molar-refractivity contribution in [3.05, 3.63) is 53.2 Å². The van der Waals surface area contributed by atoms with Crippen molar-refractivity contribution in [1.29, 1.82) is 0 Å². The first-order chi connectivity index (χ1) is 10.1. The van der Waals surface area contributed by atoms with E-state index in [1.807, 2.05) is 12.1 Å². The molecule has 0 fully saturated rings. The Morgan fingerprint density at radius 3 is 2.67 bits per heavy atom. The average Bonchev–Trinajstić information content (AvgIpc) is 2.49. The molecule has 1 atom stereocenters. The maximum atomic E-state index is 12.1. The Kier molecular flexibility index (Phi) is 5.17. The number of carbonyl (C=O) groups is 1. The van der Waals surface area contributed by atoms with Crippen molar-refractivity contribution < 1.29 is 4.79 Å². The highest BCUT2D eigenvalue weighted by Crippen LogP contribution is 2.17. The summed E-state index contributed by atoms with van der Waals surface area (Å²) >= 11 is 6.00. The molecule has 0 saturated heterocycles. The van der Waals surface area contributed by atoms with Gasteiger partial charge in [0.15, 0.2) is 0 Å². The first kappa shape index (κ1) is 15.3. The molecule has 2 aromatic rings. The first-order valence-electron chi connectivity index (χ1n) is 6.88. The molecule has 0 radical (unpaired) electrons. The summed E-state index contributed by atoms with van der Waals surface area (Å²) < 4.78 is 0. The second-order valence-electron chi connectivity index (χ2n) is 4.82. The molecule has 0 saturated carbocycles. The second-order valence-corrected chi connectivity index (χ2v) is 5.23. The zero-order chi connectivity index (χ0) is 15.2. The number of nitrogens with zero attached hydrogens (tertiary/aromatic N) is 1. The number of aromatic nitrogens is 1. The molecule has 110 valence electrons. The lowest BCUT2D eigenvalue weighted by Crippen LogP contribution is -2.15. The van der Waals surface area contributed by atoms with Gasteiger partial charge in [-0.3, -0.25) is 4.79 Å². The van der Waals surface area contributed by atoms with E-state index in [1.165, 1.54) is 0 Å². The molecule has 1 aromatic heterocycles. The van der Waals surface area contributed by atoms with Crippen molar-refractivity contribution in [3.63, 3.8) is 0 Å². The Bertz CT molecular complexity index is 613. The van der Waals surface area contributed by atoms with E-state index in [1.54, 1.807) is 30.5 Å². The maximum Gasteiger partial charge on any atom is 0.257 e. The van der Waals surface area contributed by atoms with Gasteiger partial charge in [0, 0.05) is 6.04 Å². The van der Waals surface area contributed by atoms with Gasteiger partial charge < -0.3 is 10.6 Å². The predicted octanol–water partition coefficient (Wildman–Crippen LogP) is 4.20. The van der Waals surface area contributed by atoms with Gasteiger partial charge in [-0.05, 0) is 37.6 Å². The largest absolute Gasteiger partial charge is 0.368 e. The highest BCUT2D eigenvalue weighted by Gasteiger charge is 2.10. The number of amides is 1. The number of carbonyl (C=O) groups excluding carboxylic acids is 1. The standard InChI is InChI=1S/C16H18ClN3O/c1-3-11(2)19-15-9-8-12(10-18-15)20-16(21)13-6-4-5-7-14(13)17/h4-11H,3H2,1-2H3,(H,18,19)(H,20,21). The van der Waals surface area contributed by atoms with E-state index in [0.29, 0.717) is 22.3 Å². The lowest BCUT2D eigenvalue weighted by Gasteiger charge is -2.12. The Morgan fingerprint density at radius 2 is 2.05 bits per heavy atom. The van der Waals surface area contributed by atoms with Gasteiger partial charge in [-0.25, -0.2) is 4.98 Å². The van der Waals surface area contributed by atoms with Gasteiger partial charge in [-0.1, -0.05) is 30.7 Å². The zero-order valence-corrected chi connectivity index (χ0v) is 12.8. The number of rotatable bonds is 5. The molecule has 2 rings (SSSR count). The summed E-state index contributed by atoms with van der Waals surface area (Å²) in [6, 6.07) is 11.0. The number of hydrogen-bond donors (Lipinski definition) is 2. The van der Waals surface area contributed by atoms with Crippen molar-refractivity contribution in [2.75, 3.05) is 10.6 Å². The van der Waals surface area contributed by atoms with Crippen molar-refractivity contribution in [2.45, 2.75) is 26.3 Å². The first-order valence-corrected chi connectivity index (χ1v) is 7.26. The number of halogens is 1. The molecule has 21 heavy (non-hydrogen) atoms. The van der Waals surface area contributed by atoms with Crippen LogP contribution in [0.4, 0.5) is 11.5 Å². The van der Waals surface area contributed by atoms with Gasteiger partial charge in [0.25, 0.3) is 5.91 Å². The fourth-order valence-corrected chi connectivity index (χ4v) is 1.97. The van der Waals surface area contributed by atoms with Crippen LogP contribution < -0.4 is 10.6 Å². The SMILES string of the molecule is CCC(C)Nc1ccc(NC(=O)c2ccccc2Cl)cn1. The Morgan fingerprint density at radius 1 is 1.29 bits per heavy atom. The Balaban J connectivity index is 2.03. The molecule has 0 aliphatic rings. The monoisotopic (exact) mass is 303 g/mol. The summed E-state index contributed by atoms with van der Waals surface area (Å²) in [5.41, 5.74) is 1.08. The molecular weight excluding hydrogens is 286 g/mol. The summed E-state index contributed by atoms with van der Waals surface area (Å²) in [6.07, 6.45) is 2.64. The molecule has 0 aliphatic heterocycles. The molecule has 4 nitrogen and oxygen atoms in total. The average molecular weight is 304 g/mol. The molecule has 5 heteroatoms. The van der Waals surface area contributed by atoms with Crippen molar-refractivity contribution >= 4 is 29.0 Å². The molecule has 1 aromatic carbocycles. The third-order valence-electron chi connectivity index (χ3n) is 3.15. The van der Waals surface area contributed by atoms with Crippen LogP contribution in [0.2, 0.25) is 5.02 Å². The van der Waals surface area contributed by atoms with Gasteiger partial charge in [0.2, 0.25) is 0 Å². The zero-order valence-electron chi connectivity index (χ0n) is 12.1. The van der Waals surface area contributed by atoms with Crippen LogP contribution in [0, 0.1) is 0 Å². The topological polar surface area (TPSA) is 54.0 Å². The lowest BCUT2D eigenvalue weighted by atomic mass is 10.2. The summed E-state index contributed by atoms with van der Waals surface area (Å²) in [6.45, 7) is 4.20. The van der Waals surface area contributed by atoms with Crippen LogP contribution in [0.1, 0.15) is 30.6 Å². The normalized spacial score (nSPS) is 11.8. The molecule has 0 aliphatic carbocycles. The molecule has 0 bridgehead atoms. The van der Waals surface area contributed by atoms with Crippen molar-refractivity contribution in [2.24, 2.45) is 0 Å². The van der Waals surface area contributed by atoms with Crippen LogP contribution in [0.3, 0.4) is 0 Å². The van der Waals surface area contributed by atoms with E-state index in [-0.39, 0.29) is 5.91 Å². The van der Waals surface area contributed by atoms with Gasteiger partial charge in [-0.2, -0.15) is 0 Å². The van der Waals surface area contributed by atoms with Crippen molar-refractivity contribution in [1.82, 2.24) is 4.98 Å². The Hall–Kier alpha value is -2.07. The second kappa shape index (κ2) is 7.09. The fraction of sp³-hybridized carbons (Fsp3) is 0.250. The molecule has 1 heterocycles. The summed E-state index contributed by atoms with van der Waals surface area (Å²) in [7, 11) is 0. The minimum atomic E-state index is -0.245. The highest BCUT2D eigenvalue weighted by atomic mass is 35.5. The molecule has 2 N–H and O–H groups in total. The maximum absolute atomic E-state index is 12.1.